The Hall–Kier alpha value is -1.50. The van der Waals surface area contributed by atoms with Crippen LogP contribution in [0.25, 0.3) is 11.1 Å². The largest absolute Gasteiger partial charge is 0.396 e. The lowest BCUT2D eigenvalue weighted by Crippen LogP contribution is -2.12. The van der Waals surface area contributed by atoms with Gasteiger partial charge in [-0.2, -0.15) is 0 Å². The molecule has 1 heterocycles. The Morgan fingerprint density at radius 3 is 2.65 bits per heavy atom. The monoisotopic (exact) mass is 332 g/mol. The van der Waals surface area contributed by atoms with E-state index in [0.29, 0.717) is 11.1 Å². The maximum absolute atomic E-state index is 12.4. The van der Waals surface area contributed by atoms with Gasteiger partial charge >= 0.3 is 0 Å². The minimum absolute atomic E-state index is 0.126. The predicted octanol–water partition coefficient (Wildman–Crippen LogP) is 4.07. The van der Waals surface area contributed by atoms with Crippen molar-refractivity contribution in [3.8, 4) is 16.9 Å². The van der Waals surface area contributed by atoms with Crippen LogP contribution in [0.3, 0.4) is 0 Å². The molecule has 0 spiro atoms. The molecular formula is C12H7Cl2FN2O2S. The molecular weight excluding hydrogens is 326 g/mol. The molecule has 1 aromatic carbocycles. The first-order chi connectivity index (χ1) is 9.54. The van der Waals surface area contributed by atoms with E-state index in [9.17, 15) is 8.68 Å². The Morgan fingerprint density at radius 2 is 2.00 bits per heavy atom. The molecule has 2 N–H and O–H groups in total. The Kier molecular flexibility index (Phi) is 4.69. The van der Waals surface area contributed by atoms with Gasteiger partial charge in [-0.05, 0) is 12.1 Å². The molecule has 2 rings (SSSR count). The van der Waals surface area contributed by atoms with E-state index in [1.807, 2.05) is 0 Å². The minimum Gasteiger partial charge on any atom is -0.396 e. The third kappa shape index (κ3) is 2.98. The summed E-state index contributed by atoms with van der Waals surface area (Å²) in [5, 5.41) is 0.444. The van der Waals surface area contributed by atoms with E-state index in [1.165, 1.54) is 24.5 Å². The van der Waals surface area contributed by atoms with Gasteiger partial charge in [0.2, 0.25) is 0 Å². The zero-order chi connectivity index (χ0) is 14.7. The molecule has 20 heavy (non-hydrogen) atoms. The van der Waals surface area contributed by atoms with Gasteiger partial charge in [-0.25, -0.2) is 0 Å². The molecule has 1 amide bonds. The van der Waals surface area contributed by atoms with Gasteiger partial charge in [0.05, 0.1) is 15.6 Å². The Labute approximate surface area is 128 Å². The standard InChI is InChI=1S/C12H7Cl2FN2O2S/c13-9-3-7(11(19-20-15)4-10(9)14)6-1-2-17-5-8(6)12(16)18/h1-5H,(H2,16,18). The van der Waals surface area contributed by atoms with Crippen molar-refractivity contribution in [2.75, 3.05) is 0 Å². The van der Waals surface area contributed by atoms with Crippen molar-refractivity contribution in [2.24, 2.45) is 5.73 Å². The number of carbonyl (C=O) groups is 1. The van der Waals surface area contributed by atoms with Crippen LogP contribution in [-0.2, 0) is 0 Å². The van der Waals surface area contributed by atoms with Crippen LogP contribution in [0.2, 0.25) is 10.0 Å². The second-order valence-corrected chi connectivity index (χ2v) is 4.80. The average Bonchev–Trinajstić information content (AvgIpc) is 2.43. The van der Waals surface area contributed by atoms with Crippen molar-refractivity contribution < 1.29 is 12.9 Å². The Morgan fingerprint density at radius 1 is 1.30 bits per heavy atom. The highest BCUT2D eigenvalue weighted by Gasteiger charge is 2.17. The van der Waals surface area contributed by atoms with Crippen LogP contribution in [0.15, 0.2) is 30.6 Å². The Bertz CT molecular complexity index is 670. The van der Waals surface area contributed by atoms with Gasteiger partial charge in [0.15, 0.2) is 0 Å². The fourth-order valence-corrected chi connectivity index (χ4v) is 2.19. The molecule has 0 saturated carbocycles. The van der Waals surface area contributed by atoms with Gasteiger partial charge < -0.3 is 9.92 Å². The summed E-state index contributed by atoms with van der Waals surface area (Å²) in [4.78, 5) is 15.2. The van der Waals surface area contributed by atoms with E-state index in [4.69, 9.17) is 33.1 Å². The second-order valence-electron chi connectivity index (χ2n) is 3.69. The Balaban J connectivity index is 2.68. The SMILES string of the molecule is NC(=O)c1cnccc1-c1cc(Cl)c(Cl)cc1OSF. The molecule has 0 bridgehead atoms. The van der Waals surface area contributed by atoms with Gasteiger partial charge in [-0.15, -0.1) is 3.89 Å². The number of halogens is 3. The molecule has 0 saturated heterocycles. The number of amides is 1. The van der Waals surface area contributed by atoms with Crippen molar-refractivity contribution in [3.05, 3.63) is 46.2 Å². The maximum Gasteiger partial charge on any atom is 0.272 e. The van der Waals surface area contributed by atoms with Crippen LogP contribution in [0, 0.1) is 0 Å². The maximum atomic E-state index is 12.4. The summed E-state index contributed by atoms with van der Waals surface area (Å²) in [5.74, 6) is -0.543. The average molecular weight is 333 g/mol. The van der Waals surface area contributed by atoms with Gasteiger partial charge in [0.1, 0.15) is 5.75 Å². The number of nitrogens with two attached hydrogens (primary N) is 1. The van der Waals surface area contributed by atoms with Crippen LogP contribution in [0.4, 0.5) is 3.89 Å². The highest BCUT2D eigenvalue weighted by atomic mass is 35.5. The van der Waals surface area contributed by atoms with E-state index in [1.54, 1.807) is 6.07 Å². The van der Waals surface area contributed by atoms with Crippen LogP contribution in [0.1, 0.15) is 10.4 Å². The van der Waals surface area contributed by atoms with Gasteiger partial charge in [-0.1, -0.05) is 23.2 Å². The number of hydrogen-bond acceptors (Lipinski definition) is 4. The molecule has 4 nitrogen and oxygen atoms in total. The van der Waals surface area contributed by atoms with Crippen molar-refractivity contribution in [2.45, 2.75) is 0 Å². The predicted molar refractivity (Wildman–Crippen MR) is 77.5 cm³/mol. The molecule has 8 heteroatoms. The molecule has 2 aromatic rings. The zero-order valence-corrected chi connectivity index (χ0v) is 12.1. The van der Waals surface area contributed by atoms with Crippen molar-refractivity contribution in [3.63, 3.8) is 0 Å². The third-order valence-electron chi connectivity index (χ3n) is 2.52. The van der Waals surface area contributed by atoms with E-state index in [-0.39, 0.29) is 33.8 Å². The molecule has 0 atom stereocenters. The van der Waals surface area contributed by atoms with Crippen molar-refractivity contribution in [1.29, 1.82) is 0 Å². The summed E-state index contributed by atoms with van der Waals surface area (Å²) in [6, 6.07) is 4.38. The normalized spacial score (nSPS) is 10.3. The van der Waals surface area contributed by atoms with Gasteiger partial charge in [-0.3, -0.25) is 9.78 Å². The van der Waals surface area contributed by atoms with Crippen LogP contribution in [-0.4, -0.2) is 10.9 Å². The molecule has 1 aromatic heterocycles. The van der Waals surface area contributed by atoms with Crippen molar-refractivity contribution >= 4 is 41.5 Å². The summed E-state index contributed by atoms with van der Waals surface area (Å²) in [6.07, 6.45) is 2.78. The fourth-order valence-electron chi connectivity index (χ4n) is 1.67. The van der Waals surface area contributed by atoms with E-state index < -0.39 is 5.91 Å². The molecule has 0 aliphatic heterocycles. The van der Waals surface area contributed by atoms with E-state index >= 15 is 0 Å². The van der Waals surface area contributed by atoms with E-state index in [2.05, 4.69) is 4.98 Å². The summed E-state index contributed by atoms with van der Waals surface area (Å²) in [7, 11) is 0. The minimum atomic E-state index is -0.668. The second kappa shape index (κ2) is 6.30. The first kappa shape index (κ1) is 14.9. The number of aromatic nitrogens is 1. The number of carbonyl (C=O) groups excluding carboxylic acids is 1. The summed E-state index contributed by atoms with van der Waals surface area (Å²) in [6.45, 7) is 0. The lowest BCUT2D eigenvalue weighted by molar-refractivity contribution is 0.100. The van der Waals surface area contributed by atoms with Crippen LogP contribution in [0.5, 0.6) is 5.75 Å². The molecule has 104 valence electrons. The first-order valence-electron chi connectivity index (χ1n) is 5.23. The molecule has 0 aliphatic rings. The number of nitrogens with zero attached hydrogens (tertiary/aromatic N) is 1. The van der Waals surface area contributed by atoms with Crippen LogP contribution < -0.4 is 9.92 Å². The lowest BCUT2D eigenvalue weighted by Gasteiger charge is -2.11. The van der Waals surface area contributed by atoms with Gasteiger partial charge in [0, 0.05) is 29.6 Å². The third-order valence-corrected chi connectivity index (χ3v) is 3.49. The number of rotatable bonds is 4. The summed E-state index contributed by atoms with van der Waals surface area (Å²) in [5.41, 5.74) is 6.27. The van der Waals surface area contributed by atoms with E-state index in [0.717, 1.165) is 0 Å². The smallest absolute Gasteiger partial charge is 0.272 e. The molecule has 0 radical (unpaired) electrons. The molecule has 0 unspecified atom stereocenters. The van der Waals surface area contributed by atoms with Gasteiger partial charge in [0.25, 0.3) is 18.3 Å². The first-order valence-corrected chi connectivity index (χ1v) is 6.63. The molecule has 0 fully saturated rings. The lowest BCUT2D eigenvalue weighted by atomic mass is 10.0. The topological polar surface area (TPSA) is 65.2 Å². The summed E-state index contributed by atoms with van der Waals surface area (Å²) >= 11 is 11.5. The highest BCUT2D eigenvalue weighted by molar-refractivity contribution is 7.89. The number of hydrogen-bond donors (Lipinski definition) is 1. The number of benzene rings is 1. The highest BCUT2D eigenvalue weighted by Crippen LogP contribution is 2.39. The number of pyridine rings is 1. The van der Waals surface area contributed by atoms with Crippen LogP contribution >= 0.6 is 35.6 Å². The van der Waals surface area contributed by atoms with Crippen molar-refractivity contribution in [1.82, 2.24) is 4.98 Å². The zero-order valence-electron chi connectivity index (χ0n) is 9.77. The number of primary amides is 1. The quantitative estimate of drug-likeness (QED) is 0.857. The molecule has 0 aliphatic carbocycles. The fraction of sp³-hybridized carbons (Fsp3) is 0. The summed E-state index contributed by atoms with van der Waals surface area (Å²) < 4.78 is 17.2.